The van der Waals surface area contributed by atoms with Crippen molar-refractivity contribution < 1.29 is 32.6 Å². The number of amides is 4. The van der Waals surface area contributed by atoms with Crippen molar-refractivity contribution in [1.29, 1.82) is 0 Å². The quantitative estimate of drug-likeness (QED) is 0.145. The minimum Gasteiger partial charge on any atom is -0.493 e. The topological polar surface area (TPSA) is 151 Å². The molecule has 0 atom stereocenters. The number of ether oxygens (including phenoxy) is 3. The predicted molar refractivity (Wildman–Crippen MR) is 168 cm³/mol. The van der Waals surface area contributed by atoms with Crippen molar-refractivity contribution in [2.75, 3.05) is 17.7 Å². The van der Waals surface area contributed by atoms with Gasteiger partial charge in [-0.15, -0.1) is 0 Å². The molecule has 5 aromatic rings. The van der Waals surface area contributed by atoms with Gasteiger partial charge in [-0.3, -0.25) is 4.98 Å². The second kappa shape index (κ2) is 14.5. The van der Waals surface area contributed by atoms with Crippen LogP contribution in [0.1, 0.15) is 16.7 Å². The Hall–Kier alpha value is -5.91. The van der Waals surface area contributed by atoms with Crippen LogP contribution in [0.5, 0.6) is 23.0 Å². The van der Waals surface area contributed by atoms with Gasteiger partial charge in [-0.1, -0.05) is 30.3 Å². The molecular formula is C33H31F2N5O5. The number of nitrogens with two attached hydrogens (primary N) is 2. The summed E-state index contributed by atoms with van der Waals surface area (Å²) in [4.78, 5) is 26.0. The van der Waals surface area contributed by atoms with Gasteiger partial charge >= 0.3 is 12.1 Å². The summed E-state index contributed by atoms with van der Waals surface area (Å²) < 4.78 is 45.0. The van der Waals surface area contributed by atoms with Gasteiger partial charge < -0.3 is 36.3 Å². The number of hydrogen-bond acceptors (Lipinski definition) is 6. The normalized spacial score (nSPS) is 10.3. The summed E-state index contributed by atoms with van der Waals surface area (Å²) in [5.41, 5.74) is 12.1. The lowest BCUT2D eigenvalue weighted by Crippen LogP contribution is -2.21. The number of pyridine rings is 1. The Morgan fingerprint density at radius 1 is 0.800 bits per heavy atom. The molecule has 4 aromatic carbocycles. The van der Waals surface area contributed by atoms with Crippen LogP contribution in [0.2, 0.25) is 0 Å². The number of methoxy groups -OCH3 is 1. The third-order valence-corrected chi connectivity index (χ3v) is 6.61. The van der Waals surface area contributed by atoms with Crippen molar-refractivity contribution in [1.82, 2.24) is 4.98 Å². The van der Waals surface area contributed by atoms with Crippen LogP contribution in [-0.4, -0.2) is 24.2 Å². The van der Waals surface area contributed by atoms with Gasteiger partial charge in [0.05, 0.1) is 18.3 Å². The zero-order valence-electron chi connectivity index (χ0n) is 24.7. The number of anilines is 2. The highest BCUT2D eigenvalue weighted by molar-refractivity contribution is 6.00. The van der Waals surface area contributed by atoms with Crippen molar-refractivity contribution >= 4 is 34.3 Å². The van der Waals surface area contributed by atoms with E-state index in [0.717, 1.165) is 34.2 Å². The van der Waals surface area contributed by atoms with Crippen LogP contribution in [0.25, 0.3) is 10.9 Å². The van der Waals surface area contributed by atoms with E-state index in [-0.39, 0.29) is 5.69 Å². The molecule has 6 N–H and O–H groups in total. The smallest absolute Gasteiger partial charge is 0.323 e. The van der Waals surface area contributed by atoms with E-state index < -0.39 is 23.7 Å². The Labute approximate surface area is 257 Å². The van der Waals surface area contributed by atoms with Gasteiger partial charge in [-0.2, -0.15) is 0 Å². The zero-order valence-corrected chi connectivity index (χ0v) is 24.7. The first-order chi connectivity index (χ1) is 21.5. The first-order valence-corrected chi connectivity index (χ1v) is 13.5. The Bertz CT molecular complexity index is 1830. The van der Waals surface area contributed by atoms with Gasteiger partial charge in [0.1, 0.15) is 29.7 Å². The molecule has 0 bridgehead atoms. The molecule has 1 aromatic heterocycles. The van der Waals surface area contributed by atoms with E-state index in [1.54, 1.807) is 31.5 Å². The summed E-state index contributed by atoms with van der Waals surface area (Å²) in [5, 5.41) is 5.82. The van der Waals surface area contributed by atoms with Crippen LogP contribution < -0.4 is 36.3 Å². The molecule has 0 radical (unpaired) electrons. The number of primary amides is 2. The second-order valence-electron chi connectivity index (χ2n) is 9.67. The van der Waals surface area contributed by atoms with Crippen LogP contribution in [-0.2, 0) is 6.61 Å². The van der Waals surface area contributed by atoms with Gasteiger partial charge in [0, 0.05) is 29.4 Å². The van der Waals surface area contributed by atoms with Crippen molar-refractivity contribution in [2.45, 2.75) is 20.5 Å². The number of benzene rings is 4. The summed E-state index contributed by atoms with van der Waals surface area (Å²) >= 11 is 0. The number of aromatic nitrogens is 1. The standard InChI is InChI=1S/C32H27F2N3O4.CH4N2O/c1-19-20(2)28(12-11-25(19)36-32(38)37-26-10-9-22(33)15-24(26)34)41-29-13-14-35-27-17-31(30(39-3)16-23(27)29)40-18-21-7-5-4-6-8-21;2-1(3)4/h4-17H,18H2,1-3H3,(H2,36,37,38);(H4,2,3,4). The minimum absolute atomic E-state index is 0.133. The largest absolute Gasteiger partial charge is 0.493 e. The maximum absolute atomic E-state index is 13.9. The fraction of sp³-hybridized carbons (Fsp3) is 0.121. The van der Waals surface area contributed by atoms with E-state index in [0.29, 0.717) is 46.9 Å². The average Bonchev–Trinajstić information content (AvgIpc) is 3.01. The molecule has 0 saturated carbocycles. The number of nitrogens with one attached hydrogen (secondary N) is 2. The third-order valence-electron chi connectivity index (χ3n) is 6.61. The van der Waals surface area contributed by atoms with Gasteiger partial charge in [-0.25, -0.2) is 18.4 Å². The number of hydrogen-bond donors (Lipinski definition) is 4. The molecule has 10 nitrogen and oxygen atoms in total. The summed E-state index contributed by atoms with van der Waals surface area (Å²) in [6.45, 7) is 4.09. The van der Waals surface area contributed by atoms with E-state index in [9.17, 15) is 13.6 Å². The molecule has 4 amide bonds. The SMILES string of the molecule is COc1cc2c(Oc3ccc(NC(=O)Nc4ccc(F)cc4F)c(C)c3C)ccnc2cc1OCc1ccccc1.NC(N)=O. The van der Waals surface area contributed by atoms with Crippen molar-refractivity contribution in [3.8, 4) is 23.0 Å². The van der Waals surface area contributed by atoms with Crippen LogP contribution >= 0.6 is 0 Å². The summed E-state index contributed by atoms with van der Waals surface area (Å²) in [7, 11) is 1.58. The molecule has 0 fully saturated rings. The molecule has 5 rings (SSSR count). The maximum atomic E-state index is 13.9. The van der Waals surface area contributed by atoms with Gasteiger partial charge in [-0.05, 0) is 66.9 Å². The molecule has 12 heteroatoms. The van der Waals surface area contributed by atoms with E-state index in [4.69, 9.17) is 19.0 Å². The first-order valence-electron chi connectivity index (χ1n) is 13.5. The Kier molecular flexibility index (Phi) is 10.3. The highest BCUT2D eigenvalue weighted by Crippen LogP contribution is 2.39. The number of urea groups is 2. The summed E-state index contributed by atoms with van der Waals surface area (Å²) in [6.07, 6.45) is 1.65. The maximum Gasteiger partial charge on any atom is 0.323 e. The Balaban J connectivity index is 0.00000109. The highest BCUT2D eigenvalue weighted by Gasteiger charge is 2.16. The molecule has 0 saturated heterocycles. The monoisotopic (exact) mass is 615 g/mol. The van der Waals surface area contributed by atoms with E-state index in [1.807, 2.05) is 56.3 Å². The average molecular weight is 616 g/mol. The van der Waals surface area contributed by atoms with Gasteiger partial charge in [0.15, 0.2) is 11.5 Å². The lowest BCUT2D eigenvalue weighted by molar-refractivity contribution is 0.256. The summed E-state index contributed by atoms with van der Waals surface area (Å²) in [6, 6.07) is 20.1. The molecule has 232 valence electrons. The van der Waals surface area contributed by atoms with Crippen LogP contribution in [0.15, 0.2) is 85.1 Å². The van der Waals surface area contributed by atoms with Crippen molar-refractivity contribution in [3.63, 3.8) is 0 Å². The Morgan fingerprint density at radius 3 is 2.18 bits per heavy atom. The molecule has 0 unspecified atom stereocenters. The highest BCUT2D eigenvalue weighted by atomic mass is 19.1. The lowest BCUT2D eigenvalue weighted by Gasteiger charge is -2.17. The lowest BCUT2D eigenvalue weighted by atomic mass is 10.1. The zero-order chi connectivity index (χ0) is 32.5. The van der Waals surface area contributed by atoms with Crippen molar-refractivity contribution in [3.05, 3.63) is 113 Å². The van der Waals surface area contributed by atoms with Gasteiger partial charge in [0.2, 0.25) is 0 Å². The number of carbonyl (C=O) groups excluding carboxylic acids is 2. The molecule has 0 spiro atoms. The number of rotatable bonds is 8. The van der Waals surface area contributed by atoms with Gasteiger partial charge in [0.25, 0.3) is 0 Å². The minimum atomic E-state index is -0.868. The van der Waals surface area contributed by atoms with E-state index in [1.165, 1.54) is 0 Å². The van der Waals surface area contributed by atoms with E-state index >= 15 is 0 Å². The van der Waals surface area contributed by atoms with Crippen LogP contribution in [0.3, 0.4) is 0 Å². The number of halogens is 2. The molecule has 0 aliphatic rings. The van der Waals surface area contributed by atoms with Crippen LogP contribution in [0.4, 0.5) is 29.7 Å². The fourth-order valence-electron chi connectivity index (χ4n) is 4.25. The van der Waals surface area contributed by atoms with E-state index in [2.05, 4.69) is 27.1 Å². The first kappa shape index (κ1) is 32.0. The molecular weight excluding hydrogens is 584 g/mol. The molecule has 0 aliphatic carbocycles. The predicted octanol–water partition coefficient (Wildman–Crippen LogP) is 7.18. The number of nitrogens with zero attached hydrogens (tertiary/aromatic N) is 1. The Morgan fingerprint density at radius 2 is 1.49 bits per heavy atom. The summed E-state index contributed by atoms with van der Waals surface area (Å²) in [5.74, 6) is 0.655. The molecule has 45 heavy (non-hydrogen) atoms. The number of fused-ring (bicyclic) bond motifs is 1. The molecule has 1 heterocycles. The van der Waals surface area contributed by atoms with Crippen LogP contribution in [0, 0.1) is 25.5 Å². The fourth-order valence-corrected chi connectivity index (χ4v) is 4.25. The molecule has 0 aliphatic heterocycles. The third kappa shape index (κ3) is 8.35. The second-order valence-corrected chi connectivity index (χ2v) is 9.67. The number of carbonyl (C=O) groups is 2. The van der Waals surface area contributed by atoms with Crippen molar-refractivity contribution in [2.24, 2.45) is 11.5 Å².